The zero-order valence-electron chi connectivity index (χ0n) is 14.0. The van der Waals surface area contributed by atoms with Gasteiger partial charge in [0.15, 0.2) is 0 Å². The van der Waals surface area contributed by atoms with Gasteiger partial charge in [0.05, 0.1) is 19.3 Å². The summed E-state index contributed by atoms with van der Waals surface area (Å²) in [6, 6.07) is 8.76. The number of benzene rings is 1. The molecule has 0 saturated carbocycles. The van der Waals surface area contributed by atoms with Gasteiger partial charge in [0.2, 0.25) is 0 Å². The molecule has 1 aromatic carbocycles. The molecule has 1 aliphatic heterocycles. The Morgan fingerprint density at radius 3 is 2.38 bits per heavy atom. The molecule has 1 aliphatic rings. The van der Waals surface area contributed by atoms with Crippen molar-refractivity contribution in [1.82, 2.24) is 0 Å². The lowest BCUT2D eigenvalue weighted by molar-refractivity contribution is 0.104. The van der Waals surface area contributed by atoms with E-state index >= 15 is 0 Å². The molecule has 0 amide bonds. The first-order valence-corrected chi connectivity index (χ1v) is 8.33. The zero-order chi connectivity index (χ0) is 15.3. The minimum Gasteiger partial charge on any atom is -0.374 e. The Bertz CT molecular complexity index is 416. The van der Waals surface area contributed by atoms with Crippen molar-refractivity contribution in [2.24, 2.45) is 0 Å². The summed E-state index contributed by atoms with van der Waals surface area (Å²) >= 11 is 0. The van der Waals surface area contributed by atoms with Crippen LogP contribution < -0.4 is 0 Å². The molecule has 21 heavy (non-hydrogen) atoms. The number of hydrogen-bond donors (Lipinski definition) is 0. The van der Waals surface area contributed by atoms with E-state index in [-0.39, 0.29) is 5.41 Å². The molecule has 2 heteroatoms. The van der Waals surface area contributed by atoms with Crippen molar-refractivity contribution in [2.45, 2.75) is 77.6 Å². The van der Waals surface area contributed by atoms with Gasteiger partial charge in [-0.05, 0) is 23.0 Å². The highest BCUT2D eigenvalue weighted by Gasteiger charge is 2.37. The van der Waals surface area contributed by atoms with E-state index in [1.807, 2.05) is 0 Å². The molecule has 2 nitrogen and oxygen atoms in total. The fourth-order valence-corrected chi connectivity index (χ4v) is 2.57. The Kier molecular flexibility index (Phi) is 5.83. The highest BCUT2D eigenvalue weighted by molar-refractivity contribution is 5.27. The molecule has 0 aliphatic carbocycles. The van der Waals surface area contributed by atoms with Crippen LogP contribution in [0.4, 0.5) is 0 Å². The molecule has 0 N–H and O–H groups in total. The van der Waals surface area contributed by atoms with Crippen LogP contribution >= 0.6 is 0 Å². The van der Waals surface area contributed by atoms with Crippen LogP contribution in [0.25, 0.3) is 0 Å². The van der Waals surface area contributed by atoms with Gasteiger partial charge in [-0.1, -0.05) is 71.2 Å². The van der Waals surface area contributed by atoms with E-state index < -0.39 is 0 Å². The normalized spacial score (nSPS) is 21.5. The van der Waals surface area contributed by atoms with E-state index in [1.54, 1.807) is 0 Å². The van der Waals surface area contributed by atoms with Crippen molar-refractivity contribution in [3.63, 3.8) is 0 Å². The van der Waals surface area contributed by atoms with Gasteiger partial charge in [0.25, 0.3) is 0 Å². The van der Waals surface area contributed by atoms with Crippen molar-refractivity contribution >= 4 is 0 Å². The molecular weight excluding hydrogens is 260 g/mol. The van der Waals surface area contributed by atoms with E-state index in [0.717, 1.165) is 6.61 Å². The number of unbranched alkanes of at least 4 members (excludes halogenated alkanes) is 2. The average Bonchev–Trinajstić information content (AvgIpc) is 3.17. The molecule has 0 bridgehead atoms. The number of hydrogen-bond acceptors (Lipinski definition) is 2. The number of epoxide rings is 1. The van der Waals surface area contributed by atoms with Crippen molar-refractivity contribution in [1.29, 1.82) is 0 Å². The van der Waals surface area contributed by atoms with Crippen LogP contribution in [0, 0.1) is 0 Å². The fourth-order valence-electron chi connectivity index (χ4n) is 2.57. The van der Waals surface area contributed by atoms with Gasteiger partial charge < -0.3 is 9.47 Å². The number of rotatable bonds is 8. The number of ether oxygens (including phenoxy) is 2. The van der Waals surface area contributed by atoms with Gasteiger partial charge in [0, 0.05) is 0 Å². The standard InChI is InChI=1S/C19H30O2/c1-5-6-7-8-17-18(21-17)14-20-13-15-9-11-16(12-10-15)19(2,3)4/h9-12,17-18H,5-8,13-14H2,1-4H3. The molecule has 0 radical (unpaired) electrons. The Labute approximate surface area is 129 Å². The summed E-state index contributed by atoms with van der Waals surface area (Å²) in [5.41, 5.74) is 2.83. The van der Waals surface area contributed by atoms with Crippen LogP contribution in [0.3, 0.4) is 0 Å². The third-order valence-corrected chi connectivity index (χ3v) is 4.15. The molecule has 0 aromatic heterocycles. The van der Waals surface area contributed by atoms with Crippen LogP contribution in [-0.2, 0) is 21.5 Å². The molecule has 2 rings (SSSR count). The lowest BCUT2D eigenvalue weighted by atomic mass is 9.87. The van der Waals surface area contributed by atoms with Gasteiger partial charge in [0.1, 0.15) is 6.10 Å². The van der Waals surface area contributed by atoms with Crippen LogP contribution in [-0.4, -0.2) is 18.8 Å². The summed E-state index contributed by atoms with van der Waals surface area (Å²) in [5.74, 6) is 0. The third-order valence-electron chi connectivity index (χ3n) is 4.15. The summed E-state index contributed by atoms with van der Waals surface area (Å²) in [6.45, 7) is 10.4. The quantitative estimate of drug-likeness (QED) is 0.504. The lowest BCUT2D eigenvalue weighted by Gasteiger charge is -2.19. The van der Waals surface area contributed by atoms with Crippen molar-refractivity contribution in [3.05, 3.63) is 35.4 Å². The molecule has 1 aromatic rings. The second kappa shape index (κ2) is 7.42. The van der Waals surface area contributed by atoms with Crippen molar-refractivity contribution < 1.29 is 9.47 Å². The largest absolute Gasteiger partial charge is 0.374 e. The second-order valence-corrected chi connectivity index (χ2v) is 7.17. The Hall–Kier alpha value is -0.860. The predicted octanol–water partition coefficient (Wildman–Crippen LogP) is 4.85. The van der Waals surface area contributed by atoms with Crippen molar-refractivity contribution in [3.8, 4) is 0 Å². The molecule has 2 unspecified atom stereocenters. The SMILES string of the molecule is CCCCCC1OC1COCc1ccc(C(C)(C)C)cc1. The van der Waals surface area contributed by atoms with Gasteiger partial charge in [-0.15, -0.1) is 0 Å². The maximum Gasteiger partial charge on any atom is 0.107 e. The van der Waals surface area contributed by atoms with E-state index in [1.165, 1.54) is 36.8 Å². The molecule has 118 valence electrons. The molecule has 1 saturated heterocycles. The summed E-state index contributed by atoms with van der Waals surface area (Å²) in [5, 5.41) is 0. The zero-order valence-corrected chi connectivity index (χ0v) is 14.0. The van der Waals surface area contributed by atoms with Crippen LogP contribution in [0.15, 0.2) is 24.3 Å². The molecule has 0 spiro atoms. The summed E-state index contributed by atoms with van der Waals surface area (Å²) in [4.78, 5) is 0. The maximum absolute atomic E-state index is 5.78. The van der Waals surface area contributed by atoms with Crippen LogP contribution in [0.2, 0.25) is 0 Å². The maximum atomic E-state index is 5.78. The average molecular weight is 290 g/mol. The van der Waals surface area contributed by atoms with Gasteiger partial charge in [-0.2, -0.15) is 0 Å². The molecule has 1 fully saturated rings. The van der Waals surface area contributed by atoms with Gasteiger partial charge in [-0.3, -0.25) is 0 Å². The molecular formula is C19H30O2. The van der Waals surface area contributed by atoms with E-state index in [9.17, 15) is 0 Å². The van der Waals surface area contributed by atoms with Gasteiger partial charge in [-0.25, -0.2) is 0 Å². The highest BCUT2D eigenvalue weighted by Crippen LogP contribution is 2.28. The minimum absolute atomic E-state index is 0.215. The summed E-state index contributed by atoms with van der Waals surface area (Å²) in [7, 11) is 0. The van der Waals surface area contributed by atoms with E-state index in [2.05, 4.69) is 52.0 Å². The minimum atomic E-state index is 0.215. The van der Waals surface area contributed by atoms with Crippen LogP contribution in [0.5, 0.6) is 0 Å². The second-order valence-electron chi connectivity index (χ2n) is 7.17. The lowest BCUT2D eigenvalue weighted by Crippen LogP contribution is -2.11. The Morgan fingerprint density at radius 2 is 1.76 bits per heavy atom. The molecule has 1 heterocycles. The highest BCUT2D eigenvalue weighted by atomic mass is 16.6. The predicted molar refractivity (Wildman–Crippen MR) is 87.6 cm³/mol. The fraction of sp³-hybridized carbons (Fsp3) is 0.684. The topological polar surface area (TPSA) is 21.8 Å². The van der Waals surface area contributed by atoms with E-state index in [0.29, 0.717) is 18.8 Å². The monoisotopic (exact) mass is 290 g/mol. The summed E-state index contributed by atoms with van der Waals surface area (Å²) in [6.07, 6.45) is 5.87. The first-order valence-electron chi connectivity index (χ1n) is 8.33. The van der Waals surface area contributed by atoms with E-state index in [4.69, 9.17) is 9.47 Å². The van der Waals surface area contributed by atoms with Crippen molar-refractivity contribution in [2.75, 3.05) is 6.61 Å². The summed E-state index contributed by atoms with van der Waals surface area (Å²) < 4.78 is 11.4. The van der Waals surface area contributed by atoms with Crippen LogP contribution in [0.1, 0.15) is 64.5 Å². The Balaban J connectivity index is 1.64. The molecule has 2 atom stereocenters. The van der Waals surface area contributed by atoms with Gasteiger partial charge >= 0.3 is 0 Å². The first-order chi connectivity index (χ1) is 10.0. The smallest absolute Gasteiger partial charge is 0.107 e. The Morgan fingerprint density at radius 1 is 1.05 bits per heavy atom. The third kappa shape index (κ3) is 5.44. The first kappa shape index (κ1) is 16.5.